The number of alkyl halides is 1. The van der Waals surface area contributed by atoms with Gasteiger partial charge in [0, 0.05) is 11.9 Å². The number of likely N-dealkylation sites (tertiary alicyclic amines) is 1. The fourth-order valence-electron chi connectivity index (χ4n) is 8.25. The molecule has 0 radical (unpaired) electrons. The van der Waals surface area contributed by atoms with Gasteiger partial charge in [-0.05, 0) is 128 Å². The van der Waals surface area contributed by atoms with E-state index < -0.39 is 0 Å². The van der Waals surface area contributed by atoms with Crippen molar-refractivity contribution >= 4 is 11.6 Å². The molecule has 1 heterocycles. The first-order valence-electron chi connectivity index (χ1n) is 13.9. The van der Waals surface area contributed by atoms with Crippen LogP contribution in [-0.2, 0) is 6.42 Å². The summed E-state index contributed by atoms with van der Waals surface area (Å²) in [5, 5.41) is 10.4. The van der Waals surface area contributed by atoms with E-state index in [-0.39, 0.29) is 10.8 Å². The molecule has 1 saturated heterocycles. The number of rotatable bonds is 5. The summed E-state index contributed by atoms with van der Waals surface area (Å²) >= 11 is 7.02. The second-order valence-electron chi connectivity index (χ2n) is 11.9. The molecule has 4 aliphatic rings. The van der Waals surface area contributed by atoms with Gasteiger partial charge in [0.1, 0.15) is 18.1 Å². The highest BCUT2D eigenvalue weighted by atomic mass is 35.5. The zero-order valence-electron chi connectivity index (χ0n) is 21.1. The van der Waals surface area contributed by atoms with Crippen molar-refractivity contribution in [2.75, 3.05) is 26.2 Å². The predicted molar refractivity (Wildman–Crippen MR) is 143 cm³/mol. The maximum Gasteiger partial charge on any atom is 0.119 e. The number of ether oxygens (including phenoxy) is 1. The summed E-state index contributed by atoms with van der Waals surface area (Å²) in [6.45, 7) is 6.68. The average Bonchev–Trinajstić information content (AvgIpc) is 3.18. The van der Waals surface area contributed by atoms with Gasteiger partial charge in [-0.1, -0.05) is 31.5 Å². The summed E-state index contributed by atoms with van der Waals surface area (Å²) in [6, 6.07) is 15.1. The Balaban J connectivity index is 1.25. The van der Waals surface area contributed by atoms with Crippen LogP contribution in [0.15, 0.2) is 42.5 Å². The molecule has 0 amide bonds. The van der Waals surface area contributed by atoms with Crippen molar-refractivity contribution in [3.05, 3.63) is 59.2 Å². The molecule has 6 rings (SSSR count). The smallest absolute Gasteiger partial charge is 0.119 e. The number of nitrogens with zero attached hydrogens (tertiary/aromatic N) is 1. The molecule has 0 bridgehead atoms. The summed E-state index contributed by atoms with van der Waals surface area (Å²) in [5.41, 5.74) is 4.43. The number of phenolic OH excluding ortho intramolecular Hbond substituents is 1. The number of halogens is 1. The molecular formula is C31H40ClNO2. The number of aryl methyl sites for hydroxylation is 1. The van der Waals surface area contributed by atoms with Crippen LogP contribution in [-0.4, -0.2) is 41.6 Å². The summed E-state index contributed by atoms with van der Waals surface area (Å²) in [6.07, 6.45) is 9.84. The Morgan fingerprint density at radius 3 is 2.63 bits per heavy atom. The van der Waals surface area contributed by atoms with Crippen molar-refractivity contribution in [3.8, 4) is 11.5 Å². The third kappa shape index (κ3) is 4.37. The second-order valence-corrected chi connectivity index (χ2v) is 12.4. The van der Waals surface area contributed by atoms with Gasteiger partial charge in [0.15, 0.2) is 0 Å². The molecule has 0 aromatic heterocycles. The standard InChI is InChI=1S/C31H40ClNO2/c1-31-20-27(21-5-9-24(10-6-21)35-18-17-33-15-3-2-4-16-33)30-25-12-8-23(34)19-22(25)7-11-26(30)28(31)13-14-29(31)32/h5-6,8-10,12,19,26-30,34H,2-4,7,11,13-18,20H2,1H3/t26-,27+,28-,29+,30+,31-/m0/s1. The first kappa shape index (κ1) is 23.7. The quantitative estimate of drug-likeness (QED) is 0.450. The van der Waals surface area contributed by atoms with Gasteiger partial charge in [-0.15, -0.1) is 11.6 Å². The van der Waals surface area contributed by atoms with Crippen LogP contribution < -0.4 is 4.74 Å². The SMILES string of the molecule is C[C@]12C[C@H](c3ccc(OCCN4CCCCC4)cc3)[C@@H]3c4ccc(O)cc4CC[C@H]3[C@@H]1CC[C@H]2Cl. The zero-order valence-corrected chi connectivity index (χ0v) is 21.9. The Labute approximate surface area is 215 Å². The molecule has 2 saturated carbocycles. The number of hydrogen-bond acceptors (Lipinski definition) is 3. The molecule has 188 valence electrons. The highest BCUT2D eigenvalue weighted by Crippen LogP contribution is 2.66. The van der Waals surface area contributed by atoms with Gasteiger partial charge in [0.05, 0.1) is 0 Å². The Bertz CT molecular complexity index is 1030. The molecule has 2 aromatic carbocycles. The van der Waals surface area contributed by atoms with Gasteiger partial charge in [-0.2, -0.15) is 0 Å². The monoisotopic (exact) mass is 493 g/mol. The lowest BCUT2D eigenvalue weighted by molar-refractivity contribution is 0.0451. The van der Waals surface area contributed by atoms with Crippen LogP contribution in [0.3, 0.4) is 0 Å². The fourth-order valence-corrected chi connectivity index (χ4v) is 8.62. The molecule has 3 nitrogen and oxygen atoms in total. The van der Waals surface area contributed by atoms with Crippen molar-refractivity contribution in [1.82, 2.24) is 4.90 Å². The van der Waals surface area contributed by atoms with Gasteiger partial charge in [0.25, 0.3) is 0 Å². The number of hydrogen-bond donors (Lipinski definition) is 1. The first-order chi connectivity index (χ1) is 17.0. The molecule has 35 heavy (non-hydrogen) atoms. The van der Waals surface area contributed by atoms with E-state index in [1.807, 2.05) is 12.1 Å². The lowest BCUT2D eigenvalue weighted by atomic mass is 9.51. The Morgan fingerprint density at radius 2 is 1.83 bits per heavy atom. The van der Waals surface area contributed by atoms with Crippen LogP contribution in [0.4, 0.5) is 0 Å². The van der Waals surface area contributed by atoms with Crippen LogP contribution in [0.5, 0.6) is 11.5 Å². The minimum atomic E-state index is 0.200. The van der Waals surface area contributed by atoms with Crippen molar-refractivity contribution in [3.63, 3.8) is 0 Å². The van der Waals surface area contributed by atoms with Gasteiger partial charge in [-0.3, -0.25) is 4.90 Å². The zero-order chi connectivity index (χ0) is 24.0. The third-order valence-corrected chi connectivity index (χ3v) is 10.7. The topological polar surface area (TPSA) is 32.7 Å². The second kappa shape index (κ2) is 9.63. The number of phenols is 1. The van der Waals surface area contributed by atoms with Crippen molar-refractivity contribution in [1.29, 1.82) is 0 Å². The third-order valence-electron chi connectivity index (χ3n) is 10.0. The predicted octanol–water partition coefficient (Wildman–Crippen LogP) is 7.11. The normalized spacial score (nSPS) is 34.6. The van der Waals surface area contributed by atoms with Crippen LogP contribution >= 0.6 is 11.6 Å². The van der Waals surface area contributed by atoms with E-state index in [1.54, 1.807) is 0 Å². The van der Waals surface area contributed by atoms with Crippen molar-refractivity contribution in [2.45, 2.75) is 75.5 Å². The van der Waals surface area contributed by atoms with Crippen molar-refractivity contribution < 1.29 is 9.84 Å². The maximum absolute atomic E-state index is 10.1. The van der Waals surface area contributed by atoms with Crippen LogP contribution in [0.25, 0.3) is 0 Å². The van der Waals surface area contributed by atoms with E-state index in [4.69, 9.17) is 16.3 Å². The van der Waals surface area contributed by atoms with Gasteiger partial charge in [0.2, 0.25) is 0 Å². The molecule has 3 aliphatic carbocycles. The number of piperidine rings is 1. The highest BCUT2D eigenvalue weighted by Gasteiger charge is 2.57. The molecule has 2 aromatic rings. The van der Waals surface area contributed by atoms with Gasteiger partial charge in [-0.25, -0.2) is 0 Å². The fraction of sp³-hybridized carbons (Fsp3) is 0.613. The molecule has 0 unspecified atom stereocenters. The van der Waals surface area contributed by atoms with E-state index in [1.165, 1.54) is 61.9 Å². The number of aromatic hydroxyl groups is 1. The van der Waals surface area contributed by atoms with Gasteiger partial charge >= 0.3 is 0 Å². The molecule has 4 heteroatoms. The van der Waals surface area contributed by atoms with E-state index in [2.05, 4.69) is 42.2 Å². The average molecular weight is 494 g/mol. The Hall–Kier alpha value is -1.71. The largest absolute Gasteiger partial charge is 0.508 e. The molecule has 6 atom stereocenters. The first-order valence-corrected chi connectivity index (χ1v) is 14.4. The van der Waals surface area contributed by atoms with Crippen LogP contribution in [0.2, 0.25) is 0 Å². The molecule has 0 spiro atoms. The number of benzene rings is 2. The minimum absolute atomic E-state index is 0.200. The summed E-state index contributed by atoms with van der Waals surface area (Å²) < 4.78 is 6.14. The van der Waals surface area contributed by atoms with Crippen LogP contribution in [0, 0.1) is 17.3 Å². The van der Waals surface area contributed by atoms with E-state index in [0.717, 1.165) is 38.2 Å². The summed E-state index contributed by atoms with van der Waals surface area (Å²) in [5.74, 6) is 3.70. The maximum atomic E-state index is 10.1. The van der Waals surface area contributed by atoms with Crippen LogP contribution in [0.1, 0.15) is 80.4 Å². The highest BCUT2D eigenvalue weighted by molar-refractivity contribution is 6.21. The molecule has 1 N–H and O–H groups in total. The van der Waals surface area contributed by atoms with Gasteiger partial charge < -0.3 is 9.84 Å². The number of fused-ring (bicyclic) bond motifs is 5. The van der Waals surface area contributed by atoms with E-state index >= 15 is 0 Å². The lowest BCUT2D eigenvalue weighted by Gasteiger charge is -2.54. The Kier molecular flexibility index (Phi) is 6.52. The van der Waals surface area contributed by atoms with E-state index in [0.29, 0.717) is 29.4 Å². The summed E-state index contributed by atoms with van der Waals surface area (Å²) in [4.78, 5) is 2.53. The molecular weight excluding hydrogens is 454 g/mol. The van der Waals surface area contributed by atoms with Crippen molar-refractivity contribution in [2.24, 2.45) is 17.3 Å². The summed E-state index contributed by atoms with van der Waals surface area (Å²) in [7, 11) is 0. The lowest BCUT2D eigenvalue weighted by Crippen LogP contribution is -2.46. The molecule has 1 aliphatic heterocycles. The minimum Gasteiger partial charge on any atom is -0.508 e. The Morgan fingerprint density at radius 1 is 1.03 bits per heavy atom. The van der Waals surface area contributed by atoms with E-state index in [9.17, 15) is 5.11 Å². The molecule has 3 fully saturated rings.